The van der Waals surface area contributed by atoms with Crippen LogP contribution >= 0.6 is 11.3 Å². The van der Waals surface area contributed by atoms with Gasteiger partial charge in [0.1, 0.15) is 11.2 Å². The van der Waals surface area contributed by atoms with Gasteiger partial charge in [0.15, 0.2) is 0 Å². The van der Waals surface area contributed by atoms with E-state index in [4.69, 9.17) is 4.42 Å². The summed E-state index contributed by atoms with van der Waals surface area (Å²) in [6, 6.07) is 107. The van der Waals surface area contributed by atoms with Crippen LogP contribution in [0.2, 0.25) is 0 Å². The standard InChI is InChI=1S/C97H70N2OS/c1-93(2)74-30-16-9-23-61(74)67-43-37-55(49-80(67)93)98(56-38-44-68-62-24-10-17-31-75(62)94(3,4)81(68)50-56)59-41-47-71-84(53-59)97(78-34-20-13-27-65(78)66-28-14-21-35-79(66)97)90-89(71)92-88(73-29-15-22-36-86(73)101-92)87-72-48-42-60(54-85(72)100-91(87)90)99(57-39-45-69-63-25-11-18-32-76(63)95(5,6)82(69)51-57)58-40-46-70-64-26-12-19-33-77(64)96(7,8)83(70)52-58/h9-54H,1-8H3. The Balaban J connectivity index is 0.805. The molecule has 0 saturated carbocycles. The summed E-state index contributed by atoms with van der Waals surface area (Å²) in [4.78, 5) is 5.07. The van der Waals surface area contributed by atoms with Gasteiger partial charge in [0, 0.05) is 104 Å². The Hall–Kier alpha value is -11.3. The molecule has 2 aromatic heterocycles. The lowest BCUT2D eigenvalue weighted by molar-refractivity contribution is 0.652. The van der Waals surface area contributed by atoms with Crippen molar-refractivity contribution in [2.24, 2.45) is 0 Å². The highest BCUT2D eigenvalue weighted by Gasteiger charge is 2.55. The fourth-order valence-corrected chi connectivity index (χ4v) is 21.6. The molecule has 0 saturated heterocycles. The number of thiophene rings is 1. The lowest BCUT2D eigenvalue weighted by Crippen LogP contribution is -2.26. The van der Waals surface area contributed by atoms with E-state index in [0.717, 1.165) is 56.1 Å². The number of fused-ring (bicyclic) bond motifs is 31. The highest BCUT2D eigenvalue weighted by atomic mass is 32.1. The van der Waals surface area contributed by atoms with Crippen molar-refractivity contribution in [3.8, 4) is 66.8 Å². The number of benzene rings is 14. The van der Waals surface area contributed by atoms with E-state index in [9.17, 15) is 0 Å². The van der Waals surface area contributed by atoms with Gasteiger partial charge in [0.25, 0.3) is 0 Å². The predicted octanol–water partition coefficient (Wildman–Crippen LogP) is 26.5. The average Bonchev–Trinajstić information content (AvgIpc) is 1.49. The van der Waals surface area contributed by atoms with E-state index in [0.29, 0.717) is 0 Å². The number of hydrogen-bond acceptors (Lipinski definition) is 4. The van der Waals surface area contributed by atoms with Crippen molar-refractivity contribution in [3.63, 3.8) is 0 Å². The van der Waals surface area contributed by atoms with E-state index in [-0.39, 0.29) is 21.7 Å². The zero-order valence-electron chi connectivity index (χ0n) is 57.8. The molecule has 3 nitrogen and oxygen atoms in total. The first-order valence-corrected chi connectivity index (χ1v) is 36.7. The second kappa shape index (κ2) is 19.6. The van der Waals surface area contributed by atoms with Gasteiger partial charge in [0.05, 0.1) is 5.41 Å². The summed E-state index contributed by atoms with van der Waals surface area (Å²) in [7, 11) is 0. The molecule has 22 rings (SSSR count). The molecular formula is C97H70N2OS. The first-order valence-electron chi connectivity index (χ1n) is 35.9. The van der Waals surface area contributed by atoms with Gasteiger partial charge in [-0.2, -0.15) is 0 Å². The molecule has 0 N–H and O–H groups in total. The van der Waals surface area contributed by atoms with Gasteiger partial charge in [-0.15, -0.1) is 11.3 Å². The normalized spacial score (nSPS) is 15.9. The lowest BCUT2D eigenvalue weighted by Gasteiger charge is -2.33. The minimum absolute atomic E-state index is 0.199. The highest BCUT2D eigenvalue weighted by molar-refractivity contribution is 7.26. The molecule has 6 aliphatic carbocycles. The summed E-state index contributed by atoms with van der Waals surface area (Å²) in [6.45, 7) is 19.2. The minimum atomic E-state index is -0.794. The van der Waals surface area contributed by atoms with Crippen molar-refractivity contribution < 1.29 is 4.42 Å². The summed E-state index contributed by atoms with van der Waals surface area (Å²) in [6.07, 6.45) is 0. The molecular weight excluding hydrogens is 1240 g/mol. The van der Waals surface area contributed by atoms with Crippen LogP contribution in [0.15, 0.2) is 283 Å². The third-order valence-electron chi connectivity index (χ3n) is 25.0. The van der Waals surface area contributed by atoms with Gasteiger partial charge in [-0.1, -0.05) is 250 Å². The maximum absolute atomic E-state index is 8.09. The third kappa shape index (κ3) is 7.23. The fourth-order valence-electron chi connectivity index (χ4n) is 20.3. The summed E-state index contributed by atoms with van der Waals surface area (Å²) >= 11 is 1.93. The second-order valence-electron chi connectivity index (χ2n) is 31.4. The molecule has 480 valence electrons. The molecule has 1 spiro atoms. The van der Waals surface area contributed by atoms with Crippen LogP contribution in [0, 0.1) is 0 Å². The molecule has 0 amide bonds. The molecule has 0 aliphatic heterocycles. The summed E-state index contributed by atoms with van der Waals surface area (Å²) in [5.74, 6) is 0. The van der Waals surface area contributed by atoms with Gasteiger partial charge in [0.2, 0.25) is 0 Å². The van der Waals surface area contributed by atoms with Crippen molar-refractivity contribution in [1.82, 2.24) is 0 Å². The quantitative estimate of drug-likeness (QED) is 0.165. The van der Waals surface area contributed by atoms with Crippen molar-refractivity contribution >= 4 is 87.6 Å². The number of rotatable bonds is 6. The Bertz CT molecular complexity index is 6180. The second-order valence-corrected chi connectivity index (χ2v) is 32.4. The van der Waals surface area contributed by atoms with Crippen molar-refractivity contribution in [1.29, 1.82) is 0 Å². The van der Waals surface area contributed by atoms with E-state index in [1.165, 1.54) is 154 Å². The Labute approximate surface area is 592 Å². The molecule has 0 radical (unpaired) electrons. The molecule has 14 aromatic carbocycles. The van der Waals surface area contributed by atoms with Crippen LogP contribution in [0.25, 0.3) is 109 Å². The van der Waals surface area contributed by atoms with Gasteiger partial charge in [-0.25, -0.2) is 0 Å². The third-order valence-corrected chi connectivity index (χ3v) is 26.2. The summed E-state index contributed by atoms with van der Waals surface area (Å²) in [5.41, 5.74) is 38.2. The van der Waals surface area contributed by atoms with Gasteiger partial charge >= 0.3 is 0 Å². The number of nitrogens with zero attached hydrogens (tertiary/aromatic N) is 2. The maximum atomic E-state index is 8.09. The Morgan fingerprint density at radius 2 is 0.584 bits per heavy atom. The zero-order valence-corrected chi connectivity index (χ0v) is 58.6. The molecule has 0 atom stereocenters. The first-order chi connectivity index (χ1) is 49.1. The fraction of sp³-hybridized carbons (Fsp3) is 0.134. The van der Waals surface area contributed by atoms with Gasteiger partial charge in [-0.3, -0.25) is 0 Å². The minimum Gasteiger partial charge on any atom is -0.456 e. The first kappa shape index (κ1) is 57.6. The molecule has 0 unspecified atom stereocenters. The van der Waals surface area contributed by atoms with E-state index in [1.54, 1.807) is 0 Å². The van der Waals surface area contributed by atoms with Crippen LogP contribution < -0.4 is 9.80 Å². The summed E-state index contributed by atoms with van der Waals surface area (Å²) < 4.78 is 10.6. The number of furan rings is 1. The Morgan fingerprint density at radius 3 is 1.00 bits per heavy atom. The monoisotopic (exact) mass is 1310 g/mol. The van der Waals surface area contributed by atoms with Crippen LogP contribution in [-0.2, 0) is 27.1 Å². The maximum Gasteiger partial charge on any atom is 0.141 e. The van der Waals surface area contributed by atoms with Crippen LogP contribution in [0.3, 0.4) is 0 Å². The highest BCUT2D eigenvalue weighted by Crippen LogP contribution is 2.68. The smallest absolute Gasteiger partial charge is 0.141 e. The van der Waals surface area contributed by atoms with E-state index in [2.05, 4.69) is 344 Å². The van der Waals surface area contributed by atoms with E-state index in [1.807, 2.05) is 11.3 Å². The molecule has 6 aliphatic rings. The predicted molar refractivity (Wildman–Crippen MR) is 423 cm³/mol. The summed E-state index contributed by atoms with van der Waals surface area (Å²) in [5, 5.41) is 4.77. The molecule has 0 fully saturated rings. The van der Waals surface area contributed by atoms with Crippen molar-refractivity contribution in [2.75, 3.05) is 9.80 Å². The number of anilines is 6. The zero-order chi connectivity index (χ0) is 67.5. The largest absolute Gasteiger partial charge is 0.456 e. The Morgan fingerprint density at radius 1 is 0.267 bits per heavy atom. The number of hydrogen-bond donors (Lipinski definition) is 0. The SMILES string of the molecule is CC1(C)c2ccccc2-c2ccc(N(c3ccc4c(c3)C(C)(C)c3ccccc3-4)c3ccc4c(c3)C3(c5ccccc5-c5ccccc53)c3c-4c4sc5ccccc5c4c4c3oc3cc(N(c5ccc6c(c5)C(C)(C)c5ccccc5-6)c5ccc6c(c5)C(C)(C)c5ccccc5-6)ccc34)cc21. The van der Waals surface area contributed by atoms with Crippen molar-refractivity contribution in [3.05, 3.63) is 346 Å². The van der Waals surface area contributed by atoms with E-state index < -0.39 is 5.41 Å². The van der Waals surface area contributed by atoms with Crippen LogP contribution in [0.5, 0.6) is 0 Å². The molecule has 2 heterocycles. The average molecular weight is 1310 g/mol. The van der Waals surface area contributed by atoms with Crippen LogP contribution in [0.1, 0.15) is 122 Å². The molecule has 16 aromatic rings. The van der Waals surface area contributed by atoms with Gasteiger partial charge < -0.3 is 14.2 Å². The Kier molecular flexibility index (Phi) is 11.2. The topological polar surface area (TPSA) is 19.6 Å². The molecule has 0 bridgehead atoms. The van der Waals surface area contributed by atoms with Crippen LogP contribution in [-0.4, -0.2) is 0 Å². The molecule has 4 heteroatoms. The van der Waals surface area contributed by atoms with Crippen LogP contribution in [0.4, 0.5) is 34.1 Å². The van der Waals surface area contributed by atoms with Crippen molar-refractivity contribution in [2.45, 2.75) is 82.5 Å². The van der Waals surface area contributed by atoms with E-state index >= 15 is 0 Å². The molecule has 101 heavy (non-hydrogen) atoms. The van der Waals surface area contributed by atoms with Gasteiger partial charge in [-0.05, 0) is 201 Å². The lowest BCUT2D eigenvalue weighted by atomic mass is 9.70.